The van der Waals surface area contributed by atoms with Gasteiger partial charge in [-0.3, -0.25) is 0 Å². The molecule has 15 heavy (non-hydrogen) atoms. The highest BCUT2D eigenvalue weighted by molar-refractivity contribution is 5.36. The highest BCUT2D eigenvalue weighted by atomic mass is 16.3. The zero-order valence-corrected chi connectivity index (χ0v) is 10.0. The van der Waals surface area contributed by atoms with E-state index >= 15 is 0 Å². The van der Waals surface area contributed by atoms with Crippen LogP contribution in [0.3, 0.4) is 0 Å². The molecule has 1 rings (SSSR count). The second-order valence-corrected chi connectivity index (χ2v) is 5.27. The van der Waals surface area contributed by atoms with Crippen molar-refractivity contribution < 1.29 is 5.11 Å². The highest BCUT2D eigenvalue weighted by Crippen LogP contribution is 2.31. The number of hydrogen-bond acceptors (Lipinski definition) is 2. The molecule has 0 aliphatic heterocycles. The minimum Gasteiger partial charge on any atom is -0.384 e. The van der Waals surface area contributed by atoms with E-state index < -0.39 is 5.60 Å². The summed E-state index contributed by atoms with van der Waals surface area (Å²) >= 11 is 0. The minimum absolute atomic E-state index is 0.0236. The van der Waals surface area contributed by atoms with Crippen LogP contribution in [0.4, 0.5) is 0 Å². The topological polar surface area (TPSA) is 46.2 Å². The maximum atomic E-state index is 10.2. The van der Waals surface area contributed by atoms with Crippen LogP contribution in [0, 0.1) is 0 Å². The van der Waals surface area contributed by atoms with Gasteiger partial charge in [0.2, 0.25) is 0 Å². The number of nitrogens with two attached hydrogens (primary N) is 1. The van der Waals surface area contributed by atoms with Crippen LogP contribution < -0.4 is 5.73 Å². The van der Waals surface area contributed by atoms with E-state index in [-0.39, 0.29) is 12.0 Å². The summed E-state index contributed by atoms with van der Waals surface area (Å²) in [5.41, 5.74) is 6.77. The summed E-state index contributed by atoms with van der Waals surface area (Å²) in [4.78, 5) is 0. The molecule has 1 aromatic carbocycles. The van der Waals surface area contributed by atoms with Crippen LogP contribution in [0.25, 0.3) is 0 Å². The van der Waals surface area contributed by atoms with Gasteiger partial charge >= 0.3 is 0 Å². The summed E-state index contributed by atoms with van der Waals surface area (Å²) in [7, 11) is 0. The fraction of sp³-hybridized carbons (Fsp3) is 0.538. The van der Waals surface area contributed by atoms with Gasteiger partial charge in [-0.1, -0.05) is 45.0 Å². The molecule has 2 heteroatoms. The zero-order valence-electron chi connectivity index (χ0n) is 10.0. The highest BCUT2D eigenvalue weighted by Gasteiger charge is 2.28. The van der Waals surface area contributed by atoms with Crippen molar-refractivity contribution in [1.29, 1.82) is 0 Å². The fourth-order valence-corrected chi connectivity index (χ4v) is 1.72. The Morgan fingerprint density at radius 1 is 1.07 bits per heavy atom. The summed E-state index contributed by atoms with van der Waals surface area (Å²) < 4.78 is 0. The largest absolute Gasteiger partial charge is 0.384 e. The van der Waals surface area contributed by atoms with Gasteiger partial charge in [0.25, 0.3) is 0 Å². The van der Waals surface area contributed by atoms with Crippen LogP contribution in [-0.4, -0.2) is 11.7 Å². The molecule has 2 nitrogen and oxygen atoms in total. The van der Waals surface area contributed by atoms with Gasteiger partial charge in [-0.05, 0) is 23.5 Å². The molecule has 0 saturated carbocycles. The SMILES string of the molecule is CC(C)(C)c1ccccc1C(C)(O)CN. The molecule has 3 N–H and O–H groups in total. The zero-order chi connectivity index (χ0) is 11.7. The average molecular weight is 207 g/mol. The first-order valence-electron chi connectivity index (χ1n) is 5.31. The molecule has 0 radical (unpaired) electrons. The Balaban J connectivity index is 3.31. The molecule has 0 amide bonds. The van der Waals surface area contributed by atoms with Crippen molar-refractivity contribution in [3.8, 4) is 0 Å². The van der Waals surface area contributed by atoms with Gasteiger partial charge in [-0.15, -0.1) is 0 Å². The third kappa shape index (κ3) is 2.58. The predicted octanol–water partition coefficient (Wildman–Crippen LogP) is 2.15. The van der Waals surface area contributed by atoms with Gasteiger partial charge in [0, 0.05) is 6.54 Å². The van der Waals surface area contributed by atoms with Gasteiger partial charge in [0.05, 0.1) is 5.60 Å². The van der Waals surface area contributed by atoms with Crippen molar-refractivity contribution in [3.05, 3.63) is 35.4 Å². The van der Waals surface area contributed by atoms with Crippen LogP contribution in [-0.2, 0) is 11.0 Å². The third-order valence-corrected chi connectivity index (χ3v) is 2.71. The lowest BCUT2D eigenvalue weighted by atomic mass is 9.79. The maximum absolute atomic E-state index is 10.2. The number of benzene rings is 1. The molecule has 0 spiro atoms. The lowest BCUT2D eigenvalue weighted by Gasteiger charge is -2.30. The van der Waals surface area contributed by atoms with Crippen molar-refractivity contribution >= 4 is 0 Å². The van der Waals surface area contributed by atoms with E-state index in [4.69, 9.17) is 5.73 Å². The predicted molar refractivity (Wildman–Crippen MR) is 63.8 cm³/mol. The molecular formula is C13H21NO. The molecule has 0 saturated heterocycles. The van der Waals surface area contributed by atoms with Crippen molar-refractivity contribution in [2.45, 2.75) is 38.7 Å². The molecule has 0 aliphatic carbocycles. The summed E-state index contributed by atoms with van der Waals surface area (Å²) in [6.45, 7) is 8.41. The van der Waals surface area contributed by atoms with Crippen molar-refractivity contribution in [2.24, 2.45) is 5.73 Å². The summed E-state index contributed by atoms with van der Waals surface area (Å²) in [5, 5.41) is 10.2. The monoisotopic (exact) mass is 207 g/mol. The molecule has 0 aliphatic rings. The molecule has 0 bridgehead atoms. The molecule has 84 valence electrons. The lowest BCUT2D eigenvalue weighted by Crippen LogP contribution is -2.34. The molecule has 0 fully saturated rings. The Hall–Kier alpha value is -0.860. The fourth-order valence-electron chi connectivity index (χ4n) is 1.72. The molecular weight excluding hydrogens is 186 g/mol. The van der Waals surface area contributed by atoms with E-state index in [2.05, 4.69) is 26.8 Å². The van der Waals surface area contributed by atoms with Crippen molar-refractivity contribution in [1.82, 2.24) is 0 Å². The smallest absolute Gasteiger partial charge is 0.0993 e. The van der Waals surface area contributed by atoms with Gasteiger partial charge < -0.3 is 10.8 Å². The molecule has 1 unspecified atom stereocenters. The summed E-state index contributed by atoms with van der Waals surface area (Å²) in [5.74, 6) is 0. The molecule has 0 heterocycles. The van der Waals surface area contributed by atoms with E-state index in [1.54, 1.807) is 6.92 Å². The van der Waals surface area contributed by atoms with Crippen LogP contribution in [0.5, 0.6) is 0 Å². The van der Waals surface area contributed by atoms with E-state index in [0.29, 0.717) is 0 Å². The Labute approximate surface area is 92.1 Å². The first-order chi connectivity index (χ1) is 6.79. The van der Waals surface area contributed by atoms with E-state index in [9.17, 15) is 5.11 Å². The van der Waals surface area contributed by atoms with Gasteiger partial charge in [-0.2, -0.15) is 0 Å². The van der Waals surface area contributed by atoms with E-state index in [1.165, 1.54) is 0 Å². The Morgan fingerprint density at radius 3 is 1.93 bits per heavy atom. The van der Waals surface area contributed by atoms with Crippen LogP contribution in [0.15, 0.2) is 24.3 Å². The molecule has 0 aromatic heterocycles. The molecule has 1 aromatic rings. The second kappa shape index (κ2) is 3.95. The van der Waals surface area contributed by atoms with E-state index in [0.717, 1.165) is 11.1 Å². The Kier molecular flexibility index (Phi) is 3.22. The first kappa shape index (κ1) is 12.2. The standard InChI is InChI=1S/C13H21NO/c1-12(2,3)10-7-5-6-8-11(10)13(4,15)9-14/h5-8,15H,9,14H2,1-4H3. The van der Waals surface area contributed by atoms with Gasteiger partial charge in [-0.25, -0.2) is 0 Å². The number of hydrogen-bond donors (Lipinski definition) is 2. The quantitative estimate of drug-likeness (QED) is 0.780. The van der Waals surface area contributed by atoms with Crippen LogP contribution in [0.1, 0.15) is 38.8 Å². The maximum Gasteiger partial charge on any atom is 0.0993 e. The molecule has 1 atom stereocenters. The lowest BCUT2D eigenvalue weighted by molar-refractivity contribution is 0.0649. The normalized spacial score (nSPS) is 16.1. The van der Waals surface area contributed by atoms with E-state index in [1.807, 2.05) is 18.2 Å². The second-order valence-electron chi connectivity index (χ2n) is 5.27. The Bertz CT molecular complexity index is 337. The minimum atomic E-state index is -0.941. The van der Waals surface area contributed by atoms with Gasteiger partial charge in [0.1, 0.15) is 0 Å². The number of aliphatic hydroxyl groups is 1. The average Bonchev–Trinajstić information content (AvgIpc) is 2.16. The van der Waals surface area contributed by atoms with Gasteiger partial charge in [0.15, 0.2) is 0 Å². The van der Waals surface area contributed by atoms with Crippen molar-refractivity contribution in [2.75, 3.05) is 6.54 Å². The van der Waals surface area contributed by atoms with Crippen LogP contribution in [0.2, 0.25) is 0 Å². The van der Waals surface area contributed by atoms with Crippen molar-refractivity contribution in [3.63, 3.8) is 0 Å². The summed E-state index contributed by atoms with van der Waals surface area (Å²) in [6, 6.07) is 7.94. The third-order valence-electron chi connectivity index (χ3n) is 2.71. The number of rotatable bonds is 2. The first-order valence-corrected chi connectivity index (χ1v) is 5.31. The Morgan fingerprint density at radius 2 is 1.53 bits per heavy atom. The van der Waals surface area contributed by atoms with Crippen LogP contribution >= 0.6 is 0 Å². The summed E-state index contributed by atoms with van der Waals surface area (Å²) in [6.07, 6.45) is 0.